The molecule has 0 saturated heterocycles. The molecule has 2 rings (SSSR count). The maximum Gasteiger partial charge on any atom is 0.327 e. The number of carboxylic acid groups (broad SMARTS) is 1. The van der Waals surface area contributed by atoms with Crippen molar-refractivity contribution < 1.29 is 33.9 Å². The first-order valence-corrected chi connectivity index (χ1v) is 12.2. The molecule has 0 saturated carbocycles. The fourth-order valence-corrected chi connectivity index (χ4v) is 3.85. The number of hydrogen-bond acceptors (Lipinski definition) is 8. The second-order valence-corrected chi connectivity index (χ2v) is 8.92. The smallest absolute Gasteiger partial charge is 0.327 e. The summed E-state index contributed by atoms with van der Waals surface area (Å²) in [7, 11) is 0. The Morgan fingerprint density at radius 2 is 1.50 bits per heavy atom. The topological polar surface area (TPSA) is 253 Å². The summed E-state index contributed by atoms with van der Waals surface area (Å²) in [6.45, 7) is 0. The summed E-state index contributed by atoms with van der Waals surface area (Å²) in [5, 5.41) is 17.2. The largest absolute Gasteiger partial charge is 0.480 e. The maximum atomic E-state index is 13.3. The number of carbonyl (C=O) groups excluding carboxylic acids is 5. The summed E-state index contributed by atoms with van der Waals surface area (Å²) in [5.41, 5.74) is 17.5. The van der Waals surface area contributed by atoms with Gasteiger partial charge in [-0.1, -0.05) is 18.2 Å². The van der Waals surface area contributed by atoms with E-state index in [0.29, 0.717) is 5.56 Å². The van der Waals surface area contributed by atoms with Crippen molar-refractivity contribution >= 4 is 59.0 Å². The van der Waals surface area contributed by atoms with Crippen LogP contribution in [-0.2, 0) is 35.2 Å². The van der Waals surface area contributed by atoms with Gasteiger partial charge in [-0.25, -0.2) is 4.79 Å². The quantitative estimate of drug-likeness (QED) is 0.108. The van der Waals surface area contributed by atoms with E-state index in [1.807, 2.05) is 18.2 Å². The first-order valence-electron chi connectivity index (χ1n) is 11.5. The van der Waals surface area contributed by atoms with Crippen molar-refractivity contribution in [3.8, 4) is 0 Å². The van der Waals surface area contributed by atoms with Crippen LogP contribution in [0, 0.1) is 0 Å². The van der Waals surface area contributed by atoms with Gasteiger partial charge in [-0.3, -0.25) is 24.0 Å². The minimum Gasteiger partial charge on any atom is -0.480 e. The Kier molecular flexibility index (Phi) is 11.1. The lowest BCUT2D eigenvalue weighted by atomic mass is 10.0. The minimum absolute atomic E-state index is 0.0383. The number of nitrogens with two attached hydrogens (primary N) is 3. The molecule has 11 N–H and O–H groups in total. The van der Waals surface area contributed by atoms with Gasteiger partial charge in [-0.15, -0.1) is 0 Å². The van der Waals surface area contributed by atoms with Crippen molar-refractivity contribution in [3.05, 3.63) is 36.0 Å². The van der Waals surface area contributed by atoms with E-state index in [1.54, 1.807) is 12.3 Å². The fraction of sp³-hybridized carbons (Fsp3) is 0.391. The van der Waals surface area contributed by atoms with Gasteiger partial charge in [0, 0.05) is 35.7 Å². The first kappa shape index (κ1) is 30.1. The number of para-hydroxylation sites is 1. The Labute approximate surface area is 222 Å². The molecule has 206 valence electrons. The molecule has 1 aromatic carbocycles. The summed E-state index contributed by atoms with van der Waals surface area (Å²) in [5.74, 6) is -5.67. The van der Waals surface area contributed by atoms with E-state index in [4.69, 9.17) is 17.2 Å². The minimum atomic E-state index is -1.36. The average Bonchev–Trinajstić information content (AvgIpc) is 3.26. The van der Waals surface area contributed by atoms with Crippen molar-refractivity contribution in [2.75, 3.05) is 5.75 Å². The highest BCUT2D eigenvalue weighted by Gasteiger charge is 2.31. The molecule has 5 amide bonds. The van der Waals surface area contributed by atoms with Gasteiger partial charge in [-0.05, 0) is 18.1 Å². The van der Waals surface area contributed by atoms with Crippen LogP contribution in [0.25, 0.3) is 10.9 Å². The maximum absolute atomic E-state index is 13.3. The predicted molar refractivity (Wildman–Crippen MR) is 139 cm³/mol. The molecule has 0 spiro atoms. The molecule has 0 fully saturated rings. The third kappa shape index (κ3) is 8.77. The van der Waals surface area contributed by atoms with E-state index in [0.717, 1.165) is 10.9 Å². The number of carbonyl (C=O) groups is 6. The van der Waals surface area contributed by atoms with E-state index in [-0.39, 0.29) is 25.0 Å². The molecule has 1 aromatic heterocycles. The zero-order valence-electron chi connectivity index (χ0n) is 20.3. The van der Waals surface area contributed by atoms with Crippen LogP contribution in [0.4, 0.5) is 0 Å². The first-order chi connectivity index (χ1) is 17.9. The summed E-state index contributed by atoms with van der Waals surface area (Å²) in [6, 6.07) is 1.92. The molecule has 0 radical (unpaired) electrons. The van der Waals surface area contributed by atoms with Gasteiger partial charge < -0.3 is 43.2 Å². The number of aromatic amines is 1. The van der Waals surface area contributed by atoms with Crippen LogP contribution in [-0.4, -0.2) is 75.5 Å². The Bertz CT molecular complexity index is 1200. The second-order valence-electron chi connectivity index (χ2n) is 8.55. The number of thiol groups is 1. The summed E-state index contributed by atoms with van der Waals surface area (Å²) in [6.07, 6.45) is 0.628. The monoisotopic (exact) mass is 549 g/mol. The van der Waals surface area contributed by atoms with Crippen molar-refractivity contribution in [1.29, 1.82) is 0 Å². The standard InChI is InChI=1S/C23H31N7O7S/c24-13(8-19(26)32)20(33)29-16(7-11-9-27-14-4-2-1-3-12(11)14)22(35)28-15(5-6-18(25)31)21(34)30-17(10-38)23(36)37/h1-4,9,13,15-17,27,38H,5-8,10,24H2,(H2,25,31)(H2,26,32)(H,28,35)(H,29,33)(H,30,34)(H,36,37). The van der Waals surface area contributed by atoms with Crippen LogP contribution in [0.3, 0.4) is 0 Å². The van der Waals surface area contributed by atoms with E-state index in [2.05, 4.69) is 33.6 Å². The average molecular weight is 550 g/mol. The molecule has 4 unspecified atom stereocenters. The van der Waals surface area contributed by atoms with Gasteiger partial charge in [0.1, 0.15) is 18.1 Å². The lowest BCUT2D eigenvalue weighted by Crippen LogP contribution is -2.58. The molecule has 0 aliphatic rings. The highest BCUT2D eigenvalue weighted by Crippen LogP contribution is 2.19. The summed E-state index contributed by atoms with van der Waals surface area (Å²) < 4.78 is 0. The van der Waals surface area contributed by atoms with Crippen molar-refractivity contribution in [2.45, 2.75) is 49.9 Å². The van der Waals surface area contributed by atoms with E-state index in [9.17, 15) is 33.9 Å². The molecule has 4 atom stereocenters. The van der Waals surface area contributed by atoms with E-state index < -0.39 is 66.1 Å². The number of aliphatic carboxylic acids is 1. The molecular weight excluding hydrogens is 518 g/mol. The number of rotatable bonds is 15. The summed E-state index contributed by atoms with van der Waals surface area (Å²) in [4.78, 5) is 75.7. The Morgan fingerprint density at radius 3 is 2.11 bits per heavy atom. The Hall–Kier alpha value is -4.11. The Morgan fingerprint density at radius 1 is 0.895 bits per heavy atom. The highest BCUT2D eigenvalue weighted by molar-refractivity contribution is 7.80. The SMILES string of the molecule is NC(=O)CCC(NC(=O)C(Cc1c[nH]c2ccccc12)NC(=O)C(N)CC(N)=O)C(=O)NC(CS)C(=O)O. The molecule has 15 heteroatoms. The second kappa shape index (κ2) is 14.0. The number of benzene rings is 1. The number of primary amides is 2. The third-order valence-electron chi connectivity index (χ3n) is 5.60. The highest BCUT2D eigenvalue weighted by atomic mass is 32.1. The normalized spacial score (nSPS) is 14.1. The molecule has 2 aromatic rings. The fourth-order valence-electron chi connectivity index (χ4n) is 3.60. The number of H-pyrrole nitrogens is 1. The summed E-state index contributed by atoms with van der Waals surface area (Å²) >= 11 is 3.89. The van der Waals surface area contributed by atoms with Crippen molar-refractivity contribution in [3.63, 3.8) is 0 Å². The number of amides is 5. The number of fused-ring (bicyclic) bond motifs is 1. The lowest BCUT2D eigenvalue weighted by molar-refractivity contribution is -0.141. The molecule has 14 nitrogen and oxygen atoms in total. The number of nitrogens with one attached hydrogen (secondary N) is 4. The van der Waals surface area contributed by atoms with Gasteiger partial charge in [0.15, 0.2) is 0 Å². The zero-order valence-corrected chi connectivity index (χ0v) is 21.2. The predicted octanol–water partition coefficient (Wildman–Crippen LogP) is -2.35. The lowest BCUT2D eigenvalue weighted by Gasteiger charge is -2.25. The van der Waals surface area contributed by atoms with Crippen LogP contribution in [0.15, 0.2) is 30.5 Å². The third-order valence-corrected chi connectivity index (χ3v) is 5.96. The van der Waals surface area contributed by atoms with Crippen molar-refractivity contribution in [1.82, 2.24) is 20.9 Å². The molecular formula is C23H31N7O7S. The molecule has 0 aliphatic carbocycles. The van der Waals surface area contributed by atoms with Crippen LogP contribution >= 0.6 is 12.6 Å². The molecule has 38 heavy (non-hydrogen) atoms. The molecule has 0 bridgehead atoms. The van der Waals surface area contributed by atoms with Crippen LogP contribution in [0.2, 0.25) is 0 Å². The van der Waals surface area contributed by atoms with E-state index in [1.165, 1.54) is 0 Å². The number of hydrogen-bond donors (Lipinski definition) is 9. The van der Waals surface area contributed by atoms with Crippen LogP contribution in [0.1, 0.15) is 24.8 Å². The van der Waals surface area contributed by atoms with Crippen LogP contribution in [0.5, 0.6) is 0 Å². The van der Waals surface area contributed by atoms with Crippen LogP contribution < -0.4 is 33.2 Å². The van der Waals surface area contributed by atoms with Gasteiger partial charge in [0.25, 0.3) is 0 Å². The number of aromatic nitrogens is 1. The number of carboxylic acids is 1. The van der Waals surface area contributed by atoms with Gasteiger partial charge in [0.2, 0.25) is 29.5 Å². The van der Waals surface area contributed by atoms with Gasteiger partial charge in [-0.2, -0.15) is 12.6 Å². The van der Waals surface area contributed by atoms with Crippen molar-refractivity contribution in [2.24, 2.45) is 17.2 Å². The Balaban J connectivity index is 2.31. The van der Waals surface area contributed by atoms with E-state index >= 15 is 0 Å². The molecule has 1 heterocycles. The molecule has 0 aliphatic heterocycles. The van der Waals surface area contributed by atoms with Gasteiger partial charge in [0.05, 0.1) is 12.5 Å². The van der Waals surface area contributed by atoms with Gasteiger partial charge >= 0.3 is 5.97 Å². The zero-order chi connectivity index (χ0) is 28.4.